The van der Waals surface area contributed by atoms with Gasteiger partial charge in [-0.1, -0.05) is 149 Å². The van der Waals surface area contributed by atoms with Gasteiger partial charge in [-0.25, -0.2) is 9.59 Å². The Kier molecular flexibility index (Phi) is 16.3. The molecule has 0 fully saturated rings. The highest BCUT2D eigenvalue weighted by atomic mass is 19.3. The number of benzene rings is 4. The molecule has 0 heterocycles. The van der Waals surface area contributed by atoms with E-state index in [1.165, 1.54) is 0 Å². The molecule has 4 atom stereocenters. The van der Waals surface area contributed by atoms with Crippen molar-refractivity contribution >= 4 is 29.8 Å². The molecule has 0 saturated carbocycles. The molecule has 0 saturated heterocycles. The maximum atomic E-state index is 16.9. The number of ketones is 1. The normalized spacial score (nSPS) is 13.4. The van der Waals surface area contributed by atoms with Crippen LogP contribution in [-0.4, -0.2) is 59.9 Å². The molecule has 0 spiro atoms. The van der Waals surface area contributed by atoms with Crippen molar-refractivity contribution in [2.24, 2.45) is 11.8 Å². The fourth-order valence-corrected chi connectivity index (χ4v) is 5.96. The molecule has 0 radical (unpaired) electrons. The van der Waals surface area contributed by atoms with Gasteiger partial charge in [-0.15, -0.1) is 0 Å². The maximum absolute atomic E-state index is 16.9. The van der Waals surface area contributed by atoms with Gasteiger partial charge in [-0.05, 0) is 46.9 Å². The molecular weight excluding hydrogens is 735 g/mol. The van der Waals surface area contributed by atoms with Crippen molar-refractivity contribution in [2.75, 3.05) is 0 Å². The Morgan fingerprint density at radius 1 is 0.509 bits per heavy atom. The van der Waals surface area contributed by atoms with E-state index in [1.807, 2.05) is 6.07 Å². The molecule has 11 nitrogen and oxygen atoms in total. The first-order chi connectivity index (χ1) is 27.2. The van der Waals surface area contributed by atoms with Gasteiger partial charge < -0.3 is 30.7 Å². The molecule has 0 aliphatic carbocycles. The van der Waals surface area contributed by atoms with Crippen LogP contribution in [0.4, 0.5) is 18.4 Å². The van der Waals surface area contributed by atoms with E-state index in [1.54, 1.807) is 143 Å². The molecule has 0 bridgehead atoms. The number of carbonyl (C=O) groups excluding carboxylic acids is 5. The minimum Gasteiger partial charge on any atom is -0.445 e. The smallest absolute Gasteiger partial charge is 0.408 e. The summed E-state index contributed by atoms with van der Waals surface area (Å²) in [5, 5.41) is 9.79. The van der Waals surface area contributed by atoms with E-state index in [0.717, 1.165) is 0 Å². The second-order valence-corrected chi connectivity index (χ2v) is 14.3. The van der Waals surface area contributed by atoms with Gasteiger partial charge in [-0.2, -0.15) is 8.78 Å². The largest absolute Gasteiger partial charge is 0.445 e. The number of alkyl carbamates (subject to hydrolysis) is 2. The minimum absolute atomic E-state index is 0.0724. The van der Waals surface area contributed by atoms with Crippen LogP contribution in [0.3, 0.4) is 0 Å². The van der Waals surface area contributed by atoms with Crippen molar-refractivity contribution in [2.45, 2.75) is 83.8 Å². The van der Waals surface area contributed by atoms with Gasteiger partial charge in [-0.3, -0.25) is 14.4 Å². The predicted octanol–water partition coefficient (Wildman–Crippen LogP) is 6.55. The third-order valence-electron chi connectivity index (χ3n) is 9.15. The number of nitrogens with one attached hydrogen (secondary N) is 4. The average molecular weight is 785 g/mol. The zero-order valence-corrected chi connectivity index (χ0v) is 32.5. The summed E-state index contributed by atoms with van der Waals surface area (Å²) in [6.07, 6.45) is -2.63. The van der Waals surface area contributed by atoms with Crippen LogP contribution in [0.5, 0.6) is 0 Å². The third-order valence-corrected chi connectivity index (χ3v) is 9.15. The van der Waals surface area contributed by atoms with E-state index in [-0.39, 0.29) is 19.6 Å². The lowest BCUT2D eigenvalue weighted by Gasteiger charge is -2.32. The SMILES string of the molecule is CC(C)[C@H](NC(=O)OCc1ccccc1)C(=O)N[C@@H](Cc1ccccc1)C(=O)C(F)(F)[C@H](Cc1ccccc1)NC(=O)[C@@H](NC(=O)OCc1ccccc1)C(C)C. The highest BCUT2D eigenvalue weighted by molar-refractivity contribution is 5.97. The summed E-state index contributed by atoms with van der Waals surface area (Å²) in [6, 6.07) is 27.7. The van der Waals surface area contributed by atoms with Gasteiger partial charge in [0, 0.05) is 0 Å². The van der Waals surface area contributed by atoms with E-state index < -0.39 is 78.1 Å². The standard InChI is InChI=1S/C44H50F2N4O7/c1-29(2)37(49-42(54)56-27-33-21-13-7-14-22-33)40(52)47-35(25-31-17-9-5-10-18-31)39(51)44(45,46)36(26-32-19-11-6-12-20-32)48-41(53)38(30(3)4)50-43(55)57-28-34-23-15-8-16-24-34/h5-24,29-30,35-38H,25-28H2,1-4H3,(H,47,52)(H,48,53)(H,49,54)(H,50,55)/t35-,36-,37-,38-/m0/s1. The lowest BCUT2D eigenvalue weighted by molar-refractivity contribution is -0.153. The Bertz CT molecular complexity index is 1900. The molecule has 4 amide bonds. The number of halogens is 2. The zero-order valence-electron chi connectivity index (χ0n) is 32.5. The van der Waals surface area contributed by atoms with Gasteiger partial charge in [0.05, 0.1) is 6.04 Å². The maximum Gasteiger partial charge on any atom is 0.408 e. The first kappa shape index (κ1) is 43.6. The Morgan fingerprint density at radius 3 is 1.25 bits per heavy atom. The van der Waals surface area contributed by atoms with Crippen LogP contribution < -0.4 is 21.3 Å². The van der Waals surface area contributed by atoms with Gasteiger partial charge in [0.25, 0.3) is 0 Å². The summed E-state index contributed by atoms with van der Waals surface area (Å²) < 4.78 is 44.3. The lowest BCUT2D eigenvalue weighted by atomic mass is 9.90. The summed E-state index contributed by atoms with van der Waals surface area (Å²) in [7, 11) is 0. The summed E-state index contributed by atoms with van der Waals surface area (Å²) >= 11 is 0. The Balaban J connectivity index is 1.57. The molecule has 4 aromatic rings. The van der Waals surface area contributed by atoms with Crippen LogP contribution in [0.15, 0.2) is 121 Å². The number of Topliss-reactive ketones (excluding diaryl/α,β-unsaturated/α-hetero) is 1. The monoisotopic (exact) mass is 784 g/mol. The number of hydrogen-bond donors (Lipinski definition) is 4. The van der Waals surface area contributed by atoms with Gasteiger partial charge in [0.2, 0.25) is 17.6 Å². The van der Waals surface area contributed by atoms with E-state index in [0.29, 0.717) is 22.3 Å². The van der Waals surface area contributed by atoms with Crippen molar-refractivity contribution in [3.63, 3.8) is 0 Å². The highest BCUT2D eigenvalue weighted by Gasteiger charge is 2.51. The summed E-state index contributed by atoms with van der Waals surface area (Å²) in [6.45, 7) is 6.38. The summed E-state index contributed by atoms with van der Waals surface area (Å²) in [5.74, 6) is -8.87. The molecule has 0 unspecified atom stereocenters. The fraction of sp³-hybridized carbons (Fsp3) is 0.341. The van der Waals surface area contributed by atoms with Crippen LogP contribution in [-0.2, 0) is 49.9 Å². The average Bonchev–Trinajstić information content (AvgIpc) is 3.20. The molecule has 0 aromatic heterocycles. The lowest BCUT2D eigenvalue weighted by Crippen LogP contribution is -2.63. The number of carbonyl (C=O) groups is 5. The number of alkyl halides is 2. The molecule has 13 heteroatoms. The van der Waals surface area contributed by atoms with Crippen molar-refractivity contribution in [1.29, 1.82) is 0 Å². The number of amides is 4. The Morgan fingerprint density at radius 2 is 0.860 bits per heavy atom. The first-order valence-electron chi connectivity index (χ1n) is 18.8. The van der Waals surface area contributed by atoms with E-state index in [4.69, 9.17) is 9.47 Å². The molecule has 4 N–H and O–H groups in total. The minimum atomic E-state index is -4.26. The molecule has 4 aromatic carbocycles. The van der Waals surface area contributed by atoms with E-state index >= 15 is 8.78 Å². The Hall–Kier alpha value is -6.11. The quantitative estimate of drug-likeness (QED) is 0.0843. The second-order valence-electron chi connectivity index (χ2n) is 14.3. The van der Waals surface area contributed by atoms with Crippen LogP contribution in [0.2, 0.25) is 0 Å². The van der Waals surface area contributed by atoms with Crippen LogP contribution in [0, 0.1) is 11.8 Å². The summed E-state index contributed by atoms with van der Waals surface area (Å²) in [5.41, 5.74) is 2.29. The van der Waals surface area contributed by atoms with Crippen molar-refractivity contribution < 1.29 is 42.2 Å². The van der Waals surface area contributed by atoms with Gasteiger partial charge in [0.15, 0.2) is 0 Å². The summed E-state index contributed by atoms with van der Waals surface area (Å²) in [4.78, 5) is 67.2. The van der Waals surface area contributed by atoms with Crippen molar-refractivity contribution in [3.8, 4) is 0 Å². The third kappa shape index (κ3) is 13.6. The number of ether oxygens (including phenoxy) is 2. The predicted molar refractivity (Wildman–Crippen MR) is 211 cm³/mol. The topological polar surface area (TPSA) is 152 Å². The molecule has 302 valence electrons. The van der Waals surface area contributed by atoms with E-state index in [9.17, 15) is 24.0 Å². The van der Waals surface area contributed by atoms with Gasteiger partial charge in [0.1, 0.15) is 31.3 Å². The number of rotatable bonds is 19. The zero-order chi connectivity index (χ0) is 41.4. The molecule has 0 aliphatic rings. The highest BCUT2D eigenvalue weighted by Crippen LogP contribution is 2.27. The fourth-order valence-electron chi connectivity index (χ4n) is 5.96. The van der Waals surface area contributed by atoms with Crippen LogP contribution in [0.25, 0.3) is 0 Å². The van der Waals surface area contributed by atoms with E-state index in [2.05, 4.69) is 21.3 Å². The molecule has 0 aliphatic heterocycles. The first-order valence-corrected chi connectivity index (χ1v) is 18.8. The van der Waals surface area contributed by atoms with Crippen LogP contribution in [0.1, 0.15) is 49.9 Å². The second kappa shape index (κ2) is 21.3. The van der Waals surface area contributed by atoms with Gasteiger partial charge >= 0.3 is 18.1 Å². The molecule has 57 heavy (non-hydrogen) atoms. The molecule has 4 rings (SSSR count). The Labute approximate surface area is 331 Å². The van der Waals surface area contributed by atoms with Crippen molar-refractivity contribution in [1.82, 2.24) is 21.3 Å². The number of hydrogen-bond acceptors (Lipinski definition) is 7. The molecular formula is C44H50F2N4O7. The van der Waals surface area contributed by atoms with Crippen LogP contribution >= 0.6 is 0 Å². The van der Waals surface area contributed by atoms with Crippen molar-refractivity contribution in [3.05, 3.63) is 144 Å².